The Morgan fingerprint density at radius 3 is 2.40 bits per heavy atom. The van der Waals surface area contributed by atoms with E-state index in [0.29, 0.717) is 31.2 Å². The van der Waals surface area contributed by atoms with E-state index in [2.05, 4.69) is 5.32 Å². The van der Waals surface area contributed by atoms with Gasteiger partial charge in [-0.1, -0.05) is 37.8 Å². The Morgan fingerprint density at radius 2 is 1.73 bits per heavy atom. The molecule has 0 atom stereocenters. The molecule has 168 valence electrons. The molecule has 0 saturated heterocycles. The molecule has 1 aromatic carbocycles. The summed E-state index contributed by atoms with van der Waals surface area (Å²) in [6, 6.07) is 7.58. The topological polar surface area (TPSA) is 80.3 Å². The minimum absolute atomic E-state index is 0.0590. The zero-order valence-electron chi connectivity index (χ0n) is 18.7. The maximum atomic E-state index is 12.5. The number of carbonyl (C=O) groups excluding carboxylic acids is 2. The highest BCUT2D eigenvalue weighted by Gasteiger charge is 2.27. The maximum absolute atomic E-state index is 12.5. The number of hydrogen-bond acceptors (Lipinski definition) is 4. The van der Waals surface area contributed by atoms with Gasteiger partial charge in [-0.2, -0.15) is 0 Å². The Morgan fingerprint density at radius 1 is 1.03 bits per heavy atom. The van der Waals surface area contributed by atoms with Gasteiger partial charge >= 0.3 is 0 Å². The standard InChI is InChI=1S/C24H37NO4S/c1-24(2,3)30(28,29)16-9-5-8-15-22(26)18-19-11-10-12-20(17-19)23(27)25-21-13-6-4-7-14-21/h10-12,17,21H,4-9,13-16,18H2,1-3H3,(H,25,27). The summed E-state index contributed by atoms with van der Waals surface area (Å²) >= 11 is 0. The quantitative estimate of drug-likeness (QED) is 0.543. The molecular weight excluding hydrogens is 398 g/mol. The van der Waals surface area contributed by atoms with Gasteiger partial charge in [0.25, 0.3) is 5.91 Å². The number of amides is 1. The van der Waals surface area contributed by atoms with Gasteiger partial charge in [0.05, 0.1) is 10.5 Å². The molecule has 1 aliphatic rings. The number of carbonyl (C=O) groups is 2. The summed E-state index contributed by atoms with van der Waals surface area (Å²) in [5.74, 6) is 0.234. The monoisotopic (exact) mass is 435 g/mol. The van der Waals surface area contributed by atoms with Crippen LogP contribution < -0.4 is 5.32 Å². The van der Waals surface area contributed by atoms with Crippen LogP contribution in [0.1, 0.15) is 94.5 Å². The van der Waals surface area contributed by atoms with Crippen molar-refractivity contribution in [1.29, 1.82) is 0 Å². The number of unbranched alkanes of at least 4 members (excludes halogenated alkanes) is 2. The number of nitrogens with one attached hydrogen (secondary N) is 1. The highest BCUT2D eigenvalue weighted by molar-refractivity contribution is 7.92. The van der Waals surface area contributed by atoms with Gasteiger partial charge in [0, 0.05) is 24.4 Å². The third kappa shape index (κ3) is 7.86. The van der Waals surface area contributed by atoms with Crippen LogP contribution in [0.3, 0.4) is 0 Å². The molecule has 0 unspecified atom stereocenters. The minimum atomic E-state index is -3.09. The second-order valence-corrected chi connectivity index (χ2v) is 12.3. The summed E-state index contributed by atoms with van der Waals surface area (Å²) in [7, 11) is -3.09. The van der Waals surface area contributed by atoms with Gasteiger partial charge in [-0.05, 0) is 64.2 Å². The predicted octanol–water partition coefficient (Wildman–Crippen LogP) is 4.63. The highest BCUT2D eigenvalue weighted by Crippen LogP contribution is 2.19. The van der Waals surface area contributed by atoms with E-state index >= 15 is 0 Å². The molecule has 1 aliphatic carbocycles. The second-order valence-electron chi connectivity index (χ2n) is 9.47. The average Bonchev–Trinajstić information content (AvgIpc) is 2.67. The van der Waals surface area contributed by atoms with Gasteiger partial charge in [0.15, 0.2) is 9.84 Å². The van der Waals surface area contributed by atoms with Crippen LogP contribution >= 0.6 is 0 Å². The molecule has 1 amide bonds. The third-order valence-electron chi connectivity index (χ3n) is 5.83. The van der Waals surface area contributed by atoms with Crippen molar-refractivity contribution < 1.29 is 18.0 Å². The van der Waals surface area contributed by atoms with Crippen molar-refractivity contribution >= 4 is 21.5 Å². The molecule has 0 aromatic heterocycles. The van der Waals surface area contributed by atoms with E-state index in [9.17, 15) is 18.0 Å². The fourth-order valence-corrected chi connectivity index (χ4v) is 4.95. The molecule has 30 heavy (non-hydrogen) atoms. The number of hydrogen-bond donors (Lipinski definition) is 1. The van der Waals surface area contributed by atoms with Crippen LogP contribution in [0.4, 0.5) is 0 Å². The minimum Gasteiger partial charge on any atom is -0.349 e. The van der Waals surface area contributed by atoms with Crippen LogP contribution in [-0.2, 0) is 21.1 Å². The average molecular weight is 436 g/mol. The van der Waals surface area contributed by atoms with Gasteiger partial charge in [-0.15, -0.1) is 0 Å². The summed E-state index contributed by atoms with van der Waals surface area (Å²) in [5.41, 5.74) is 1.46. The Balaban J connectivity index is 1.75. The van der Waals surface area contributed by atoms with E-state index in [1.165, 1.54) is 19.3 Å². The Kier molecular flexibility index (Phi) is 9.08. The van der Waals surface area contributed by atoms with Gasteiger partial charge in [0.1, 0.15) is 5.78 Å². The zero-order chi connectivity index (χ0) is 22.2. The third-order valence-corrected chi connectivity index (χ3v) is 8.52. The predicted molar refractivity (Wildman–Crippen MR) is 122 cm³/mol. The number of Topliss-reactive ketones (excluding diaryl/α,β-unsaturated/α-hetero) is 1. The van der Waals surface area contributed by atoms with Crippen LogP contribution in [0.5, 0.6) is 0 Å². The van der Waals surface area contributed by atoms with Gasteiger partial charge in [-0.25, -0.2) is 8.42 Å². The van der Waals surface area contributed by atoms with Crippen LogP contribution in [0, 0.1) is 0 Å². The maximum Gasteiger partial charge on any atom is 0.251 e. The molecule has 1 fully saturated rings. The van der Waals surface area contributed by atoms with Crippen LogP contribution in [0.2, 0.25) is 0 Å². The van der Waals surface area contributed by atoms with E-state index < -0.39 is 14.6 Å². The van der Waals surface area contributed by atoms with E-state index in [0.717, 1.165) is 24.8 Å². The smallest absolute Gasteiger partial charge is 0.251 e. The first-order valence-electron chi connectivity index (χ1n) is 11.2. The van der Waals surface area contributed by atoms with Crippen molar-refractivity contribution in [3.8, 4) is 0 Å². The number of rotatable bonds is 10. The lowest BCUT2D eigenvalue weighted by Gasteiger charge is -2.22. The van der Waals surface area contributed by atoms with E-state index in [4.69, 9.17) is 0 Å². The lowest BCUT2D eigenvalue weighted by atomic mass is 9.95. The molecule has 0 bridgehead atoms. The van der Waals surface area contributed by atoms with Crippen LogP contribution in [0.15, 0.2) is 24.3 Å². The molecular formula is C24H37NO4S. The molecule has 5 nitrogen and oxygen atoms in total. The zero-order valence-corrected chi connectivity index (χ0v) is 19.5. The first-order chi connectivity index (χ1) is 14.1. The van der Waals surface area contributed by atoms with Crippen molar-refractivity contribution in [2.75, 3.05) is 5.75 Å². The summed E-state index contributed by atoms with van der Waals surface area (Å²) in [4.78, 5) is 24.8. The summed E-state index contributed by atoms with van der Waals surface area (Å²) in [6.07, 6.45) is 8.43. The fraction of sp³-hybridized carbons (Fsp3) is 0.667. The molecule has 0 spiro atoms. The molecule has 1 saturated carbocycles. The molecule has 0 radical (unpaired) electrons. The van der Waals surface area contributed by atoms with Crippen molar-refractivity contribution in [1.82, 2.24) is 5.32 Å². The highest BCUT2D eigenvalue weighted by atomic mass is 32.2. The Hall–Kier alpha value is -1.69. The van der Waals surface area contributed by atoms with Crippen molar-refractivity contribution in [3.05, 3.63) is 35.4 Å². The van der Waals surface area contributed by atoms with Crippen molar-refractivity contribution in [2.45, 2.75) is 95.8 Å². The number of benzene rings is 1. The normalized spacial score (nSPS) is 15.7. The molecule has 0 heterocycles. The van der Waals surface area contributed by atoms with E-state index in [1.807, 2.05) is 18.2 Å². The second kappa shape index (κ2) is 11.1. The lowest BCUT2D eigenvalue weighted by molar-refractivity contribution is -0.118. The summed E-state index contributed by atoms with van der Waals surface area (Å²) in [6.45, 7) is 5.15. The summed E-state index contributed by atoms with van der Waals surface area (Å²) < 4.78 is 23.5. The SMILES string of the molecule is CC(C)(C)S(=O)(=O)CCCCCC(=O)Cc1cccc(C(=O)NC2CCCCC2)c1. The first kappa shape index (κ1) is 24.6. The molecule has 1 aromatic rings. The fourth-order valence-electron chi connectivity index (χ4n) is 3.75. The van der Waals surface area contributed by atoms with Gasteiger partial charge in [0.2, 0.25) is 0 Å². The summed E-state index contributed by atoms with van der Waals surface area (Å²) in [5, 5.41) is 3.11. The Labute approximate surface area is 181 Å². The van der Waals surface area contributed by atoms with Crippen molar-refractivity contribution in [2.24, 2.45) is 0 Å². The molecule has 1 N–H and O–H groups in total. The molecule has 0 aliphatic heterocycles. The molecule has 2 rings (SSSR count). The Bertz CT molecular complexity index is 818. The van der Waals surface area contributed by atoms with Crippen molar-refractivity contribution in [3.63, 3.8) is 0 Å². The number of sulfone groups is 1. The first-order valence-corrected chi connectivity index (χ1v) is 12.9. The largest absolute Gasteiger partial charge is 0.349 e. The van der Waals surface area contributed by atoms with Crippen LogP contribution in [0.25, 0.3) is 0 Å². The van der Waals surface area contributed by atoms with E-state index in [-0.39, 0.29) is 23.5 Å². The number of ketones is 1. The van der Waals surface area contributed by atoms with Crippen LogP contribution in [-0.4, -0.2) is 36.6 Å². The van der Waals surface area contributed by atoms with Gasteiger partial charge in [-0.3, -0.25) is 9.59 Å². The van der Waals surface area contributed by atoms with Gasteiger partial charge < -0.3 is 5.32 Å². The van der Waals surface area contributed by atoms with E-state index in [1.54, 1.807) is 26.8 Å². The lowest BCUT2D eigenvalue weighted by Crippen LogP contribution is -2.36. The molecule has 6 heteroatoms.